The molecule has 1 atom stereocenters. The number of piperazine rings is 1. The fourth-order valence-electron chi connectivity index (χ4n) is 1.71. The summed E-state index contributed by atoms with van der Waals surface area (Å²) in [4.78, 5) is 9.96. The van der Waals surface area contributed by atoms with Crippen LogP contribution in [0.1, 0.15) is 13.8 Å². The van der Waals surface area contributed by atoms with E-state index in [1.807, 2.05) is 6.92 Å². The van der Waals surface area contributed by atoms with Gasteiger partial charge in [0.2, 0.25) is 0 Å². The van der Waals surface area contributed by atoms with E-state index in [0.29, 0.717) is 12.6 Å². The summed E-state index contributed by atoms with van der Waals surface area (Å²) in [6.45, 7) is 7.52. The highest BCUT2D eigenvalue weighted by Crippen LogP contribution is 2.06. The standard InChI is InChI=1S/C12H21N3O/c1-5-6-11(2)13-16-10-12-9-14(3)7-8-15(12)4/h12H,7-10H2,1-4H3/b13-11-. The van der Waals surface area contributed by atoms with Crippen molar-refractivity contribution in [1.29, 1.82) is 0 Å². The number of rotatable bonds is 3. The zero-order valence-corrected chi connectivity index (χ0v) is 10.7. The fourth-order valence-corrected chi connectivity index (χ4v) is 1.71. The largest absolute Gasteiger partial charge is 0.393 e. The molecule has 1 aliphatic heterocycles. The molecule has 1 rings (SSSR count). The molecule has 0 spiro atoms. The quantitative estimate of drug-likeness (QED) is 0.399. The summed E-state index contributed by atoms with van der Waals surface area (Å²) in [5, 5.41) is 3.97. The Morgan fingerprint density at radius 2 is 2.19 bits per heavy atom. The number of hydrogen-bond donors (Lipinski definition) is 0. The monoisotopic (exact) mass is 223 g/mol. The van der Waals surface area contributed by atoms with Gasteiger partial charge in [-0.05, 0) is 33.9 Å². The smallest absolute Gasteiger partial charge is 0.133 e. The average molecular weight is 223 g/mol. The minimum atomic E-state index is 0.421. The van der Waals surface area contributed by atoms with Crippen molar-refractivity contribution in [1.82, 2.24) is 9.80 Å². The Morgan fingerprint density at radius 3 is 2.88 bits per heavy atom. The molecule has 0 aromatic carbocycles. The van der Waals surface area contributed by atoms with Crippen molar-refractivity contribution >= 4 is 5.71 Å². The number of hydrogen-bond acceptors (Lipinski definition) is 4. The predicted molar refractivity (Wildman–Crippen MR) is 66.4 cm³/mol. The van der Waals surface area contributed by atoms with Gasteiger partial charge in [-0.1, -0.05) is 11.1 Å². The molecule has 1 fully saturated rings. The van der Waals surface area contributed by atoms with Gasteiger partial charge in [-0.25, -0.2) is 0 Å². The maximum Gasteiger partial charge on any atom is 0.133 e. The molecule has 0 aliphatic carbocycles. The van der Waals surface area contributed by atoms with Crippen LogP contribution in [0.3, 0.4) is 0 Å². The van der Waals surface area contributed by atoms with Crippen LogP contribution in [0.15, 0.2) is 5.16 Å². The third kappa shape index (κ3) is 4.21. The molecule has 1 heterocycles. The van der Waals surface area contributed by atoms with E-state index in [2.05, 4.69) is 40.9 Å². The molecule has 0 saturated carbocycles. The van der Waals surface area contributed by atoms with Gasteiger partial charge in [0.1, 0.15) is 12.3 Å². The van der Waals surface area contributed by atoms with Gasteiger partial charge in [0.05, 0.1) is 6.04 Å². The van der Waals surface area contributed by atoms with Crippen LogP contribution in [0, 0.1) is 11.8 Å². The third-order valence-electron chi connectivity index (χ3n) is 2.75. The Labute approximate surface area is 98.2 Å². The minimum Gasteiger partial charge on any atom is -0.393 e. The van der Waals surface area contributed by atoms with Crippen LogP contribution in [0.2, 0.25) is 0 Å². The first-order valence-electron chi connectivity index (χ1n) is 5.61. The highest BCUT2D eigenvalue weighted by Gasteiger charge is 2.22. The van der Waals surface area contributed by atoms with Crippen molar-refractivity contribution in [3.8, 4) is 11.8 Å². The van der Waals surface area contributed by atoms with E-state index in [4.69, 9.17) is 4.84 Å². The number of oxime groups is 1. The first kappa shape index (κ1) is 13.0. The highest BCUT2D eigenvalue weighted by molar-refractivity contribution is 5.97. The molecule has 4 nitrogen and oxygen atoms in total. The van der Waals surface area contributed by atoms with Gasteiger partial charge in [0.15, 0.2) is 0 Å². The van der Waals surface area contributed by atoms with Crippen molar-refractivity contribution in [3.05, 3.63) is 0 Å². The van der Waals surface area contributed by atoms with Gasteiger partial charge in [0, 0.05) is 19.6 Å². The van der Waals surface area contributed by atoms with Gasteiger partial charge < -0.3 is 9.74 Å². The van der Waals surface area contributed by atoms with Crippen LogP contribution in [-0.2, 0) is 4.84 Å². The molecule has 0 amide bonds. The van der Waals surface area contributed by atoms with Crippen molar-refractivity contribution in [2.24, 2.45) is 5.16 Å². The van der Waals surface area contributed by atoms with E-state index in [-0.39, 0.29) is 0 Å². The van der Waals surface area contributed by atoms with Crippen LogP contribution in [0.25, 0.3) is 0 Å². The maximum atomic E-state index is 5.32. The Morgan fingerprint density at radius 1 is 1.44 bits per heavy atom. The lowest BCUT2D eigenvalue weighted by Gasteiger charge is -2.36. The van der Waals surface area contributed by atoms with Gasteiger partial charge in [-0.2, -0.15) is 0 Å². The number of nitrogens with zero attached hydrogens (tertiary/aromatic N) is 3. The van der Waals surface area contributed by atoms with Crippen molar-refractivity contribution in [2.75, 3.05) is 40.3 Å². The summed E-state index contributed by atoms with van der Waals surface area (Å²) in [5.74, 6) is 5.65. The SMILES string of the molecule is CC#C/C(C)=N\OCC1CN(C)CCN1C. The molecule has 0 radical (unpaired) electrons. The lowest BCUT2D eigenvalue weighted by Crippen LogP contribution is -2.51. The van der Waals surface area contributed by atoms with Crippen molar-refractivity contribution < 1.29 is 4.84 Å². The first-order chi connectivity index (χ1) is 7.63. The van der Waals surface area contributed by atoms with Crippen LogP contribution >= 0.6 is 0 Å². The van der Waals surface area contributed by atoms with Crippen molar-refractivity contribution in [3.63, 3.8) is 0 Å². The molecular weight excluding hydrogens is 202 g/mol. The second kappa shape index (κ2) is 6.51. The van der Waals surface area contributed by atoms with E-state index < -0.39 is 0 Å². The summed E-state index contributed by atoms with van der Waals surface area (Å²) in [5.41, 5.74) is 0.731. The summed E-state index contributed by atoms with van der Waals surface area (Å²) < 4.78 is 0. The van der Waals surface area contributed by atoms with Gasteiger partial charge >= 0.3 is 0 Å². The summed E-state index contributed by atoms with van der Waals surface area (Å²) in [6.07, 6.45) is 0. The van der Waals surface area contributed by atoms with E-state index in [9.17, 15) is 0 Å². The van der Waals surface area contributed by atoms with Crippen LogP contribution in [0.4, 0.5) is 0 Å². The predicted octanol–water partition coefficient (Wildman–Crippen LogP) is 0.648. The summed E-state index contributed by atoms with van der Waals surface area (Å²) in [7, 11) is 4.26. The van der Waals surface area contributed by atoms with Gasteiger partial charge in [0.25, 0.3) is 0 Å². The second-order valence-corrected chi connectivity index (χ2v) is 4.24. The lowest BCUT2D eigenvalue weighted by atomic mass is 10.2. The molecule has 0 aromatic heterocycles. The number of likely N-dealkylation sites (N-methyl/N-ethyl adjacent to an activating group) is 2. The Balaban J connectivity index is 2.35. The molecule has 90 valence electrons. The molecule has 0 aromatic rings. The molecule has 1 unspecified atom stereocenters. The maximum absolute atomic E-state index is 5.32. The van der Waals surface area contributed by atoms with Gasteiger partial charge in [-0.3, -0.25) is 4.90 Å². The zero-order valence-electron chi connectivity index (χ0n) is 10.7. The Hall–Kier alpha value is -1.05. The topological polar surface area (TPSA) is 28.1 Å². The molecule has 4 heteroatoms. The molecule has 0 bridgehead atoms. The second-order valence-electron chi connectivity index (χ2n) is 4.24. The van der Waals surface area contributed by atoms with Gasteiger partial charge in [-0.15, -0.1) is 0 Å². The van der Waals surface area contributed by atoms with E-state index in [1.54, 1.807) is 6.92 Å². The molecular formula is C12H21N3O. The van der Waals surface area contributed by atoms with E-state index in [0.717, 1.165) is 25.3 Å². The molecule has 1 saturated heterocycles. The molecule has 0 N–H and O–H groups in total. The normalized spacial score (nSPS) is 23.8. The summed E-state index contributed by atoms with van der Waals surface area (Å²) in [6, 6.07) is 0.421. The van der Waals surface area contributed by atoms with Crippen LogP contribution < -0.4 is 0 Å². The van der Waals surface area contributed by atoms with Crippen LogP contribution in [0.5, 0.6) is 0 Å². The minimum absolute atomic E-state index is 0.421. The molecule has 16 heavy (non-hydrogen) atoms. The van der Waals surface area contributed by atoms with E-state index >= 15 is 0 Å². The first-order valence-corrected chi connectivity index (χ1v) is 5.61. The third-order valence-corrected chi connectivity index (χ3v) is 2.75. The molecule has 1 aliphatic rings. The highest BCUT2D eigenvalue weighted by atomic mass is 16.6. The fraction of sp³-hybridized carbons (Fsp3) is 0.750. The Bertz CT molecular complexity index is 303. The lowest BCUT2D eigenvalue weighted by molar-refractivity contribution is 0.0324. The average Bonchev–Trinajstić information content (AvgIpc) is 2.23. The summed E-state index contributed by atoms with van der Waals surface area (Å²) >= 11 is 0. The van der Waals surface area contributed by atoms with Crippen molar-refractivity contribution in [2.45, 2.75) is 19.9 Å². The Kier molecular flexibility index (Phi) is 5.30. The van der Waals surface area contributed by atoms with E-state index in [1.165, 1.54) is 0 Å². The van der Waals surface area contributed by atoms with Crippen LogP contribution in [-0.4, -0.2) is 61.9 Å². The zero-order chi connectivity index (χ0) is 12.0.